The Morgan fingerprint density at radius 3 is 2.96 bits per heavy atom. The van der Waals surface area contributed by atoms with E-state index in [0.29, 0.717) is 19.2 Å². The van der Waals surface area contributed by atoms with Gasteiger partial charge in [-0.15, -0.1) is 0 Å². The highest BCUT2D eigenvalue weighted by Gasteiger charge is 2.21. The molecule has 2 aromatic rings. The molecule has 0 amide bonds. The van der Waals surface area contributed by atoms with E-state index in [1.807, 2.05) is 6.20 Å². The minimum atomic E-state index is -0.388. The highest BCUT2D eigenvalue weighted by atomic mass is 16.5. The van der Waals surface area contributed by atoms with Crippen molar-refractivity contribution in [1.29, 1.82) is 0 Å². The zero-order valence-corrected chi connectivity index (χ0v) is 14.6. The molecule has 0 saturated carbocycles. The van der Waals surface area contributed by atoms with E-state index in [4.69, 9.17) is 4.74 Å². The molecule has 1 fully saturated rings. The summed E-state index contributed by atoms with van der Waals surface area (Å²) in [6, 6.07) is 4.68. The van der Waals surface area contributed by atoms with E-state index in [2.05, 4.69) is 44.9 Å². The molecule has 2 N–H and O–H groups in total. The molecule has 2 aromatic heterocycles. The lowest BCUT2D eigenvalue weighted by Gasteiger charge is -2.33. The molecule has 1 unspecified atom stereocenters. The van der Waals surface area contributed by atoms with Crippen LogP contribution in [0.25, 0.3) is 5.65 Å². The summed E-state index contributed by atoms with van der Waals surface area (Å²) in [6.07, 6.45) is 5.86. The lowest BCUT2D eigenvalue weighted by atomic mass is 10.0. The van der Waals surface area contributed by atoms with Crippen LogP contribution in [0.3, 0.4) is 0 Å². The molecule has 0 aromatic carbocycles. The van der Waals surface area contributed by atoms with Gasteiger partial charge in [0, 0.05) is 32.4 Å². The molecular formula is C18H28N4O2. The average Bonchev–Trinajstić information content (AvgIpc) is 2.99. The number of hydrogen-bond donors (Lipinski definition) is 2. The Morgan fingerprint density at radius 2 is 2.21 bits per heavy atom. The molecule has 3 rings (SSSR count). The van der Waals surface area contributed by atoms with Crippen LogP contribution < -0.4 is 5.32 Å². The van der Waals surface area contributed by atoms with Crippen LogP contribution in [-0.4, -0.2) is 64.9 Å². The fourth-order valence-electron chi connectivity index (χ4n) is 3.44. The normalized spacial score (nSPS) is 18.3. The van der Waals surface area contributed by atoms with Crippen molar-refractivity contribution in [1.82, 2.24) is 19.6 Å². The zero-order chi connectivity index (χ0) is 16.9. The van der Waals surface area contributed by atoms with Crippen molar-refractivity contribution in [2.75, 3.05) is 33.4 Å². The van der Waals surface area contributed by atoms with Gasteiger partial charge in [0.2, 0.25) is 0 Å². The largest absolute Gasteiger partial charge is 0.389 e. The third-order valence-electron chi connectivity index (χ3n) is 4.79. The number of nitrogens with zero attached hydrogens (tertiary/aromatic N) is 3. The highest BCUT2D eigenvalue weighted by molar-refractivity contribution is 5.48. The number of hydrogen-bond acceptors (Lipinski definition) is 5. The highest BCUT2D eigenvalue weighted by Crippen LogP contribution is 2.14. The van der Waals surface area contributed by atoms with Crippen LogP contribution in [0.15, 0.2) is 24.5 Å². The molecule has 0 aliphatic carbocycles. The van der Waals surface area contributed by atoms with Crippen molar-refractivity contribution in [3.8, 4) is 0 Å². The van der Waals surface area contributed by atoms with Gasteiger partial charge in [0.05, 0.1) is 24.6 Å². The monoisotopic (exact) mass is 332 g/mol. The fraction of sp³-hybridized carbons (Fsp3) is 0.611. The van der Waals surface area contributed by atoms with Gasteiger partial charge in [0.25, 0.3) is 0 Å². The first kappa shape index (κ1) is 17.4. The first-order valence-electron chi connectivity index (χ1n) is 8.71. The van der Waals surface area contributed by atoms with Gasteiger partial charge < -0.3 is 24.5 Å². The van der Waals surface area contributed by atoms with Crippen LogP contribution >= 0.6 is 0 Å². The molecule has 1 atom stereocenters. The van der Waals surface area contributed by atoms with Crippen LogP contribution in [0.4, 0.5) is 0 Å². The summed E-state index contributed by atoms with van der Waals surface area (Å²) in [5, 5.41) is 13.5. The molecule has 132 valence electrons. The van der Waals surface area contributed by atoms with Gasteiger partial charge in [-0.05, 0) is 44.5 Å². The number of pyridine rings is 1. The van der Waals surface area contributed by atoms with E-state index < -0.39 is 0 Å². The SMILES string of the molecule is COCC(O)CN1CCC(NCc2cnc3c(C)cccn23)CC1. The number of piperidine rings is 1. The molecule has 0 radical (unpaired) electrons. The van der Waals surface area contributed by atoms with Crippen molar-refractivity contribution >= 4 is 5.65 Å². The summed E-state index contributed by atoms with van der Waals surface area (Å²) >= 11 is 0. The third-order valence-corrected chi connectivity index (χ3v) is 4.79. The Bertz CT molecular complexity index is 650. The minimum Gasteiger partial charge on any atom is -0.389 e. The van der Waals surface area contributed by atoms with E-state index in [9.17, 15) is 5.11 Å². The number of aryl methyl sites for hydroxylation is 1. The van der Waals surface area contributed by atoms with Crippen LogP contribution in [0.2, 0.25) is 0 Å². The Hall–Kier alpha value is -1.47. The number of aliphatic hydroxyl groups excluding tert-OH is 1. The lowest BCUT2D eigenvalue weighted by molar-refractivity contribution is 0.0310. The van der Waals surface area contributed by atoms with Gasteiger partial charge >= 0.3 is 0 Å². The van der Waals surface area contributed by atoms with Crippen molar-refractivity contribution in [3.63, 3.8) is 0 Å². The molecule has 0 spiro atoms. The summed E-state index contributed by atoms with van der Waals surface area (Å²) in [7, 11) is 1.63. The standard InChI is InChI=1S/C18H28N4O2/c1-14-4-3-7-22-16(11-20-18(14)22)10-19-15-5-8-21(9-6-15)12-17(23)13-24-2/h3-4,7,11,15,17,19,23H,5-6,8-10,12-13H2,1-2H3. The second-order valence-corrected chi connectivity index (χ2v) is 6.70. The Balaban J connectivity index is 1.47. The number of likely N-dealkylation sites (tertiary alicyclic amines) is 1. The first-order valence-corrected chi connectivity index (χ1v) is 8.71. The number of methoxy groups -OCH3 is 1. The Morgan fingerprint density at radius 1 is 1.42 bits per heavy atom. The maximum Gasteiger partial charge on any atom is 0.139 e. The van der Waals surface area contributed by atoms with Gasteiger partial charge in [-0.1, -0.05) is 6.07 Å². The smallest absolute Gasteiger partial charge is 0.139 e. The number of nitrogens with one attached hydrogen (secondary N) is 1. The topological polar surface area (TPSA) is 62.0 Å². The maximum absolute atomic E-state index is 9.83. The summed E-state index contributed by atoms with van der Waals surface area (Å²) in [5.74, 6) is 0. The Labute approximate surface area is 143 Å². The fourth-order valence-corrected chi connectivity index (χ4v) is 3.44. The van der Waals surface area contributed by atoms with Gasteiger partial charge in [0.1, 0.15) is 5.65 Å². The maximum atomic E-state index is 9.83. The summed E-state index contributed by atoms with van der Waals surface area (Å²) in [5.41, 5.74) is 3.44. The number of ether oxygens (including phenoxy) is 1. The Kier molecular flexibility index (Phi) is 5.84. The number of aromatic nitrogens is 2. The molecule has 24 heavy (non-hydrogen) atoms. The van der Waals surface area contributed by atoms with Crippen LogP contribution in [0.5, 0.6) is 0 Å². The second-order valence-electron chi connectivity index (χ2n) is 6.70. The number of rotatable bonds is 7. The number of aliphatic hydroxyl groups is 1. The third kappa shape index (κ3) is 4.13. The number of fused-ring (bicyclic) bond motifs is 1. The summed E-state index contributed by atoms with van der Waals surface area (Å²) in [6.45, 7) is 6.07. The molecule has 3 heterocycles. The van der Waals surface area contributed by atoms with Crippen molar-refractivity contribution < 1.29 is 9.84 Å². The van der Waals surface area contributed by atoms with Crippen molar-refractivity contribution in [2.45, 2.75) is 38.5 Å². The molecule has 6 nitrogen and oxygen atoms in total. The van der Waals surface area contributed by atoms with Crippen molar-refractivity contribution in [2.24, 2.45) is 0 Å². The number of β-amino-alcohol motifs (C(OH)–C–C–N with tert-alkyl or cyclic N) is 1. The molecule has 1 saturated heterocycles. The van der Waals surface area contributed by atoms with Crippen LogP contribution in [0, 0.1) is 6.92 Å². The zero-order valence-electron chi connectivity index (χ0n) is 14.6. The van der Waals surface area contributed by atoms with Gasteiger partial charge in [0.15, 0.2) is 0 Å². The van der Waals surface area contributed by atoms with Crippen molar-refractivity contribution in [3.05, 3.63) is 35.8 Å². The van der Waals surface area contributed by atoms with E-state index in [1.54, 1.807) is 7.11 Å². The quantitative estimate of drug-likeness (QED) is 0.798. The van der Waals surface area contributed by atoms with E-state index in [-0.39, 0.29) is 6.10 Å². The van der Waals surface area contributed by atoms with E-state index in [0.717, 1.165) is 38.1 Å². The van der Waals surface area contributed by atoms with Crippen LogP contribution in [-0.2, 0) is 11.3 Å². The molecular weight excluding hydrogens is 304 g/mol. The van der Waals surface area contributed by atoms with Crippen LogP contribution in [0.1, 0.15) is 24.1 Å². The lowest BCUT2D eigenvalue weighted by Crippen LogP contribution is -2.45. The number of imidazole rings is 1. The molecule has 1 aliphatic rings. The summed E-state index contributed by atoms with van der Waals surface area (Å²) in [4.78, 5) is 6.84. The van der Waals surface area contributed by atoms with E-state index >= 15 is 0 Å². The predicted molar refractivity (Wildman–Crippen MR) is 94.1 cm³/mol. The molecule has 6 heteroatoms. The van der Waals surface area contributed by atoms with Gasteiger partial charge in [-0.2, -0.15) is 0 Å². The minimum absolute atomic E-state index is 0.388. The van der Waals surface area contributed by atoms with Gasteiger partial charge in [-0.3, -0.25) is 0 Å². The summed E-state index contributed by atoms with van der Waals surface area (Å²) < 4.78 is 7.16. The second kappa shape index (κ2) is 8.07. The first-order chi connectivity index (χ1) is 11.7. The molecule has 1 aliphatic heterocycles. The average molecular weight is 332 g/mol. The molecule has 0 bridgehead atoms. The van der Waals surface area contributed by atoms with Gasteiger partial charge in [-0.25, -0.2) is 4.98 Å². The predicted octanol–water partition coefficient (Wildman–Crippen LogP) is 1.20. The van der Waals surface area contributed by atoms with E-state index in [1.165, 1.54) is 11.3 Å².